The normalized spacial score (nSPS) is 11.8. The molecule has 2 rings (SSSR count). The molecular weight excluding hydrogens is 376 g/mol. The summed E-state index contributed by atoms with van der Waals surface area (Å²) in [6.07, 6.45) is 0. The Balaban J connectivity index is 2.14. The lowest BCUT2D eigenvalue weighted by atomic mass is 10.1. The van der Waals surface area contributed by atoms with Crippen molar-refractivity contribution in [2.24, 2.45) is 5.92 Å². The van der Waals surface area contributed by atoms with Gasteiger partial charge >= 0.3 is 0 Å². The summed E-state index contributed by atoms with van der Waals surface area (Å²) in [6, 6.07) is 13.3. The highest BCUT2D eigenvalue weighted by Gasteiger charge is 2.26. The maximum atomic E-state index is 13.1. The molecule has 0 spiro atoms. The number of hydrogen-bond acceptors (Lipinski definition) is 3. The van der Waals surface area contributed by atoms with Gasteiger partial charge in [0, 0.05) is 13.1 Å². The van der Waals surface area contributed by atoms with E-state index in [0.29, 0.717) is 24.8 Å². The molecule has 0 aliphatic heterocycles. The van der Waals surface area contributed by atoms with Gasteiger partial charge in [-0.2, -0.15) is 0 Å². The first-order valence-electron chi connectivity index (χ1n) is 10.5. The molecule has 0 saturated carbocycles. The standard InChI is InChI=1S/C25H34N2O3/c1-17(2)14-26-25(29)21(6)27(15-22-9-7-18(3)8-10-22)24(28)16-30-23-12-19(4)11-20(5)13-23/h7-13,17,21H,14-16H2,1-6H3,(H,26,29). The second kappa shape index (κ2) is 10.8. The van der Waals surface area contributed by atoms with Crippen LogP contribution in [-0.4, -0.2) is 35.9 Å². The highest BCUT2D eigenvalue weighted by Crippen LogP contribution is 2.17. The summed E-state index contributed by atoms with van der Waals surface area (Å²) in [7, 11) is 0. The summed E-state index contributed by atoms with van der Waals surface area (Å²) in [5.41, 5.74) is 4.28. The minimum absolute atomic E-state index is 0.115. The minimum Gasteiger partial charge on any atom is -0.484 e. The van der Waals surface area contributed by atoms with Gasteiger partial charge in [-0.3, -0.25) is 9.59 Å². The third-order valence-electron chi connectivity index (χ3n) is 4.88. The van der Waals surface area contributed by atoms with E-state index in [-0.39, 0.29) is 18.4 Å². The van der Waals surface area contributed by atoms with Crippen LogP contribution in [-0.2, 0) is 16.1 Å². The van der Waals surface area contributed by atoms with E-state index < -0.39 is 6.04 Å². The van der Waals surface area contributed by atoms with E-state index in [1.165, 1.54) is 0 Å². The number of nitrogens with zero attached hydrogens (tertiary/aromatic N) is 1. The monoisotopic (exact) mass is 410 g/mol. The Labute approximate surface area is 180 Å². The maximum absolute atomic E-state index is 13.1. The van der Waals surface area contributed by atoms with Gasteiger partial charge in [0.05, 0.1) is 0 Å². The Kier molecular flexibility index (Phi) is 8.46. The molecule has 1 N–H and O–H groups in total. The number of benzene rings is 2. The molecule has 0 saturated heterocycles. The van der Waals surface area contributed by atoms with Crippen LogP contribution in [0.15, 0.2) is 42.5 Å². The fourth-order valence-corrected chi connectivity index (χ4v) is 3.17. The fourth-order valence-electron chi connectivity index (χ4n) is 3.17. The van der Waals surface area contributed by atoms with E-state index >= 15 is 0 Å². The first-order chi connectivity index (χ1) is 14.2. The average Bonchev–Trinajstić information content (AvgIpc) is 2.68. The number of carbonyl (C=O) groups is 2. The topological polar surface area (TPSA) is 58.6 Å². The van der Waals surface area contributed by atoms with Gasteiger partial charge in [-0.15, -0.1) is 0 Å². The lowest BCUT2D eigenvalue weighted by Crippen LogP contribution is -2.49. The van der Waals surface area contributed by atoms with Crippen molar-refractivity contribution in [2.45, 2.75) is 54.1 Å². The molecule has 0 radical (unpaired) electrons. The third kappa shape index (κ3) is 7.21. The SMILES string of the molecule is Cc1ccc(CN(C(=O)COc2cc(C)cc(C)c2)C(C)C(=O)NCC(C)C)cc1. The highest BCUT2D eigenvalue weighted by atomic mass is 16.5. The predicted molar refractivity (Wildman–Crippen MR) is 120 cm³/mol. The van der Waals surface area contributed by atoms with Crippen LogP contribution in [0, 0.1) is 26.7 Å². The molecule has 0 aliphatic rings. The Morgan fingerprint density at radius 1 is 0.933 bits per heavy atom. The number of hydrogen-bond donors (Lipinski definition) is 1. The molecule has 162 valence electrons. The van der Waals surface area contributed by atoms with Gasteiger partial charge in [0.1, 0.15) is 11.8 Å². The number of amides is 2. The molecular formula is C25H34N2O3. The van der Waals surface area contributed by atoms with Gasteiger partial charge in [-0.25, -0.2) is 0 Å². The van der Waals surface area contributed by atoms with Gasteiger partial charge in [0.25, 0.3) is 5.91 Å². The van der Waals surface area contributed by atoms with Gasteiger partial charge in [0.15, 0.2) is 6.61 Å². The third-order valence-corrected chi connectivity index (χ3v) is 4.88. The average molecular weight is 411 g/mol. The van der Waals surface area contributed by atoms with Gasteiger partial charge in [-0.05, 0) is 62.4 Å². The summed E-state index contributed by atoms with van der Waals surface area (Å²) in [6.45, 7) is 12.7. The van der Waals surface area contributed by atoms with E-state index in [1.807, 2.05) is 71.0 Å². The molecule has 0 heterocycles. The lowest BCUT2D eigenvalue weighted by molar-refractivity contribution is -0.142. The van der Waals surface area contributed by atoms with Crippen LogP contribution in [0.3, 0.4) is 0 Å². The molecule has 1 unspecified atom stereocenters. The van der Waals surface area contributed by atoms with Crippen LogP contribution in [0.25, 0.3) is 0 Å². The summed E-state index contributed by atoms with van der Waals surface area (Å²) >= 11 is 0. The molecule has 0 bridgehead atoms. The number of aryl methyl sites for hydroxylation is 3. The van der Waals surface area contributed by atoms with Gasteiger partial charge in [-0.1, -0.05) is 49.7 Å². The molecule has 1 atom stereocenters. The number of rotatable bonds is 9. The molecule has 0 fully saturated rings. The second-order valence-corrected chi connectivity index (χ2v) is 8.43. The van der Waals surface area contributed by atoms with Crippen molar-refractivity contribution >= 4 is 11.8 Å². The van der Waals surface area contributed by atoms with Crippen molar-refractivity contribution in [1.82, 2.24) is 10.2 Å². The predicted octanol–water partition coefficient (Wildman–Crippen LogP) is 4.18. The van der Waals surface area contributed by atoms with Crippen LogP contribution in [0.4, 0.5) is 0 Å². The molecule has 2 amide bonds. The number of ether oxygens (including phenoxy) is 1. The minimum atomic E-state index is -0.597. The number of nitrogens with one attached hydrogen (secondary N) is 1. The fraction of sp³-hybridized carbons (Fsp3) is 0.440. The molecule has 2 aromatic rings. The maximum Gasteiger partial charge on any atom is 0.261 e. The molecule has 0 aliphatic carbocycles. The van der Waals surface area contributed by atoms with Crippen molar-refractivity contribution in [2.75, 3.05) is 13.2 Å². The molecule has 5 heteroatoms. The molecule has 2 aromatic carbocycles. The van der Waals surface area contributed by atoms with Crippen molar-refractivity contribution in [1.29, 1.82) is 0 Å². The molecule has 0 aromatic heterocycles. The summed E-state index contributed by atoms with van der Waals surface area (Å²) in [5.74, 6) is 0.626. The molecule has 30 heavy (non-hydrogen) atoms. The van der Waals surface area contributed by atoms with Gasteiger partial charge < -0.3 is 15.0 Å². The summed E-state index contributed by atoms with van der Waals surface area (Å²) < 4.78 is 5.77. The van der Waals surface area contributed by atoms with Crippen LogP contribution in [0.5, 0.6) is 5.75 Å². The Bertz CT molecular complexity index is 839. The van der Waals surface area contributed by atoms with Crippen LogP contribution >= 0.6 is 0 Å². The quantitative estimate of drug-likeness (QED) is 0.675. The second-order valence-electron chi connectivity index (χ2n) is 8.43. The van der Waals surface area contributed by atoms with Crippen molar-refractivity contribution in [3.63, 3.8) is 0 Å². The van der Waals surface area contributed by atoms with E-state index in [4.69, 9.17) is 4.74 Å². The largest absolute Gasteiger partial charge is 0.484 e. The Morgan fingerprint density at radius 2 is 1.53 bits per heavy atom. The van der Waals surface area contributed by atoms with Crippen LogP contribution < -0.4 is 10.1 Å². The zero-order valence-electron chi connectivity index (χ0n) is 19.0. The lowest BCUT2D eigenvalue weighted by Gasteiger charge is -2.29. The summed E-state index contributed by atoms with van der Waals surface area (Å²) in [5, 5.41) is 2.93. The smallest absolute Gasteiger partial charge is 0.261 e. The van der Waals surface area contributed by atoms with E-state index in [2.05, 4.69) is 11.4 Å². The first-order valence-corrected chi connectivity index (χ1v) is 10.5. The Hall–Kier alpha value is -2.82. The summed E-state index contributed by atoms with van der Waals surface area (Å²) in [4.78, 5) is 27.3. The van der Waals surface area contributed by atoms with Crippen molar-refractivity contribution in [3.05, 3.63) is 64.7 Å². The zero-order chi connectivity index (χ0) is 22.3. The van der Waals surface area contributed by atoms with Crippen molar-refractivity contribution < 1.29 is 14.3 Å². The van der Waals surface area contributed by atoms with Gasteiger partial charge in [0.2, 0.25) is 5.91 Å². The zero-order valence-corrected chi connectivity index (χ0v) is 19.0. The highest BCUT2D eigenvalue weighted by molar-refractivity contribution is 5.88. The first kappa shape index (κ1) is 23.5. The van der Waals surface area contributed by atoms with E-state index in [1.54, 1.807) is 11.8 Å². The Morgan fingerprint density at radius 3 is 2.10 bits per heavy atom. The molecule has 5 nitrogen and oxygen atoms in total. The van der Waals surface area contributed by atoms with Crippen molar-refractivity contribution in [3.8, 4) is 5.75 Å². The van der Waals surface area contributed by atoms with E-state index in [9.17, 15) is 9.59 Å². The van der Waals surface area contributed by atoms with Crippen LogP contribution in [0.2, 0.25) is 0 Å². The van der Waals surface area contributed by atoms with Crippen LogP contribution in [0.1, 0.15) is 43.0 Å². The van der Waals surface area contributed by atoms with E-state index in [0.717, 1.165) is 22.3 Å². The number of carbonyl (C=O) groups excluding carboxylic acids is 2.